The number of carbonyl (C=O) groups is 1. The van der Waals surface area contributed by atoms with E-state index in [1.807, 2.05) is 53.9 Å². The van der Waals surface area contributed by atoms with Gasteiger partial charge in [0.05, 0.1) is 13.5 Å². The van der Waals surface area contributed by atoms with Crippen molar-refractivity contribution in [1.82, 2.24) is 4.98 Å². The highest BCUT2D eigenvalue weighted by atomic mass is 32.1. The zero-order valence-corrected chi connectivity index (χ0v) is 13.5. The Morgan fingerprint density at radius 1 is 1.13 bits per heavy atom. The molecule has 0 fully saturated rings. The van der Waals surface area contributed by atoms with Crippen molar-refractivity contribution in [3.05, 3.63) is 65.7 Å². The summed E-state index contributed by atoms with van der Waals surface area (Å²) in [5.74, 6) is 0.740. The van der Waals surface area contributed by atoms with Gasteiger partial charge in [-0.05, 0) is 42.0 Å². The van der Waals surface area contributed by atoms with Gasteiger partial charge in [0, 0.05) is 22.8 Å². The van der Waals surface area contributed by atoms with Crippen LogP contribution in [0.4, 0.5) is 5.69 Å². The fourth-order valence-electron chi connectivity index (χ4n) is 2.20. The summed E-state index contributed by atoms with van der Waals surface area (Å²) in [6.45, 7) is 0. The van der Waals surface area contributed by atoms with Gasteiger partial charge in [0.1, 0.15) is 10.8 Å². The molecule has 1 N–H and O–H groups in total. The lowest BCUT2D eigenvalue weighted by Crippen LogP contribution is -2.14. The number of hydrogen-bond acceptors (Lipinski definition) is 4. The number of thiazole rings is 1. The van der Waals surface area contributed by atoms with E-state index in [0.29, 0.717) is 6.42 Å². The molecule has 0 unspecified atom stereocenters. The third kappa shape index (κ3) is 3.96. The van der Waals surface area contributed by atoms with E-state index >= 15 is 0 Å². The van der Waals surface area contributed by atoms with E-state index in [4.69, 9.17) is 4.74 Å². The SMILES string of the molecule is COc1ccc(CC(=O)Nc2ccc(-c3nccs3)cc2)cc1. The van der Waals surface area contributed by atoms with Gasteiger partial charge in [0.15, 0.2) is 0 Å². The van der Waals surface area contributed by atoms with Crippen molar-refractivity contribution in [3.8, 4) is 16.3 Å². The molecule has 4 nitrogen and oxygen atoms in total. The number of ether oxygens (including phenoxy) is 1. The molecule has 5 heteroatoms. The number of amides is 1. The number of nitrogens with zero attached hydrogens (tertiary/aromatic N) is 1. The zero-order chi connectivity index (χ0) is 16.1. The zero-order valence-electron chi connectivity index (χ0n) is 12.7. The maximum absolute atomic E-state index is 12.1. The van der Waals surface area contributed by atoms with Crippen molar-refractivity contribution >= 4 is 22.9 Å². The van der Waals surface area contributed by atoms with Crippen LogP contribution in [0.15, 0.2) is 60.1 Å². The number of aromatic nitrogens is 1. The van der Waals surface area contributed by atoms with Crippen LogP contribution in [0.1, 0.15) is 5.56 Å². The number of methoxy groups -OCH3 is 1. The quantitative estimate of drug-likeness (QED) is 0.772. The molecule has 116 valence electrons. The molecule has 0 atom stereocenters. The fourth-order valence-corrected chi connectivity index (χ4v) is 2.84. The Morgan fingerprint density at radius 2 is 1.87 bits per heavy atom. The number of nitrogens with one attached hydrogen (secondary N) is 1. The molecule has 1 amide bonds. The van der Waals surface area contributed by atoms with Crippen LogP contribution in [0, 0.1) is 0 Å². The monoisotopic (exact) mass is 324 g/mol. The molecule has 23 heavy (non-hydrogen) atoms. The second-order valence-corrected chi connectivity index (χ2v) is 5.88. The van der Waals surface area contributed by atoms with Gasteiger partial charge in [0.2, 0.25) is 5.91 Å². The molecule has 0 aliphatic heterocycles. The lowest BCUT2D eigenvalue weighted by molar-refractivity contribution is -0.115. The first-order chi connectivity index (χ1) is 11.2. The molecule has 1 heterocycles. The van der Waals surface area contributed by atoms with E-state index < -0.39 is 0 Å². The molecule has 0 bridgehead atoms. The van der Waals surface area contributed by atoms with Crippen LogP contribution in [-0.2, 0) is 11.2 Å². The van der Waals surface area contributed by atoms with E-state index in [2.05, 4.69) is 10.3 Å². The molecule has 1 aromatic heterocycles. The van der Waals surface area contributed by atoms with Crippen molar-refractivity contribution in [1.29, 1.82) is 0 Å². The smallest absolute Gasteiger partial charge is 0.228 e. The van der Waals surface area contributed by atoms with E-state index in [1.165, 1.54) is 0 Å². The summed E-state index contributed by atoms with van der Waals surface area (Å²) in [5, 5.41) is 5.82. The molecule has 0 saturated carbocycles. The predicted octanol–water partition coefficient (Wildman–Crippen LogP) is 4.00. The van der Waals surface area contributed by atoms with Gasteiger partial charge in [-0.25, -0.2) is 4.98 Å². The highest BCUT2D eigenvalue weighted by Gasteiger charge is 2.05. The topological polar surface area (TPSA) is 51.2 Å². The Labute approximate surface area is 138 Å². The average Bonchev–Trinajstić information content (AvgIpc) is 3.11. The predicted molar refractivity (Wildman–Crippen MR) is 92.9 cm³/mol. The summed E-state index contributed by atoms with van der Waals surface area (Å²) >= 11 is 1.59. The molecule has 3 rings (SSSR count). The van der Waals surface area contributed by atoms with Crippen molar-refractivity contribution in [3.63, 3.8) is 0 Å². The summed E-state index contributed by atoms with van der Waals surface area (Å²) in [6, 6.07) is 15.2. The maximum atomic E-state index is 12.1. The van der Waals surface area contributed by atoms with Crippen LogP contribution in [0.3, 0.4) is 0 Å². The van der Waals surface area contributed by atoms with E-state index in [-0.39, 0.29) is 5.91 Å². The van der Waals surface area contributed by atoms with Gasteiger partial charge in [-0.3, -0.25) is 4.79 Å². The highest BCUT2D eigenvalue weighted by molar-refractivity contribution is 7.13. The minimum atomic E-state index is -0.0443. The number of carbonyl (C=O) groups excluding carboxylic acids is 1. The summed E-state index contributed by atoms with van der Waals surface area (Å²) in [7, 11) is 1.62. The summed E-state index contributed by atoms with van der Waals surface area (Å²) in [4.78, 5) is 16.4. The van der Waals surface area contributed by atoms with Crippen molar-refractivity contribution in [2.24, 2.45) is 0 Å². The standard InChI is InChI=1S/C18H16N2O2S/c1-22-16-8-2-13(3-9-16)12-17(21)20-15-6-4-14(5-7-15)18-19-10-11-23-18/h2-11H,12H2,1H3,(H,20,21). The fraction of sp³-hybridized carbons (Fsp3) is 0.111. The third-order valence-electron chi connectivity index (χ3n) is 3.37. The van der Waals surface area contributed by atoms with Gasteiger partial charge in [-0.2, -0.15) is 0 Å². The normalized spacial score (nSPS) is 10.3. The molecule has 0 saturated heterocycles. The first-order valence-corrected chi connectivity index (χ1v) is 8.05. The highest BCUT2D eigenvalue weighted by Crippen LogP contribution is 2.23. The van der Waals surface area contributed by atoms with Gasteiger partial charge in [-0.15, -0.1) is 11.3 Å². The van der Waals surface area contributed by atoms with Crippen LogP contribution in [0.25, 0.3) is 10.6 Å². The second-order valence-electron chi connectivity index (χ2n) is 4.99. The molecule has 0 aliphatic carbocycles. The van der Waals surface area contributed by atoms with Gasteiger partial charge < -0.3 is 10.1 Å². The van der Waals surface area contributed by atoms with E-state index in [0.717, 1.165) is 27.6 Å². The lowest BCUT2D eigenvalue weighted by atomic mass is 10.1. The second kappa shape index (κ2) is 7.07. The molecule has 0 spiro atoms. The largest absolute Gasteiger partial charge is 0.497 e. The van der Waals surface area contributed by atoms with Gasteiger partial charge in [0.25, 0.3) is 0 Å². The summed E-state index contributed by atoms with van der Waals surface area (Å²) in [6.07, 6.45) is 2.11. The molecule has 3 aromatic rings. The van der Waals surface area contributed by atoms with E-state index in [9.17, 15) is 4.79 Å². The summed E-state index contributed by atoms with van der Waals surface area (Å²) in [5.41, 5.74) is 2.78. The van der Waals surface area contributed by atoms with Crippen LogP contribution in [0.5, 0.6) is 5.75 Å². The average molecular weight is 324 g/mol. The Balaban J connectivity index is 1.61. The molecule has 0 radical (unpaired) electrons. The summed E-state index contributed by atoms with van der Waals surface area (Å²) < 4.78 is 5.11. The van der Waals surface area contributed by atoms with Crippen molar-refractivity contribution < 1.29 is 9.53 Å². The molecular formula is C18H16N2O2S. The number of rotatable bonds is 5. The van der Waals surface area contributed by atoms with E-state index in [1.54, 1.807) is 24.6 Å². The van der Waals surface area contributed by atoms with Gasteiger partial charge >= 0.3 is 0 Å². The Bertz CT molecular complexity index is 766. The van der Waals surface area contributed by atoms with Gasteiger partial charge in [-0.1, -0.05) is 12.1 Å². The molecule has 0 aliphatic rings. The number of anilines is 1. The van der Waals surface area contributed by atoms with Crippen LogP contribution in [0.2, 0.25) is 0 Å². The van der Waals surface area contributed by atoms with Crippen LogP contribution in [-0.4, -0.2) is 18.0 Å². The van der Waals surface area contributed by atoms with Crippen molar-refractivity contribution in [2.75, 3.05) is 12.4 Å². The number of benzene rings is 2. The molecular weight excluding hydrogens is 308 g/mol. The Hall–Kier alpha value is -2.66. The Kier molecular flexibility index (Phi) is 4.68. The minimum absolute atomic E-state index is 0.0443. The van der Waals surface area contributed by atoms with Crippen LogP contribution >= 0.6 is 11.3 Å². The Morgan fingerprint density at radius 3 is 2.48 bits per heavy atom. The minimum Gasteiger partial charge on any atom is -0.497 e. The van der Waals surface area contributed by atoms with Crippen LogP contribution < -0.4 is 10.1 Å². The first kappa shape index (κ1) is 15.2. The lowest BCUT2D eigenvalue weighted by Gasteiger charge is -2.07. The van der Waals surface area contributed by atoms with Crippen molar-refractivity contribution in [2.45, 2.75) is 6.42 Å². The molecule has 2 aromatic carbocycles. The maximum Gasteiger partial charge on any atom is 0.228 e. The number of hydrogen-bond donors (Lipinski definition) is 1. The third-order valence-corrected chi connectivity index (χ3v) is 4.19. The first-order valence-electron chi connectivity index (χ1n) is 7.17.